The van der Waals surface area contributed by atoms with E-state index in [9.17, 15) is 14.7 Å². The Bertz CT molecular complexity index is 1140. The lowest BCUT2D eigenvalue weighted by Crippen LogP contribution is -2.41. The summed E-state index contributed by atoms with van der Waals surface area (Å²) < 4.78 is 16.9. The van der Waals surface area contributed by atoms with E-state index in [2.05, 4.69) is 4.98 Å². The molecule has 8 nitrogen and oxygen atoms in total. The maximum Gasteiger partial charge on any atom is 0.410 e. The third-order valence-electron chi connectivity index (χ3n) is 5.44. The van der Waals surface area contributed by atoms with Crippen LogP contribution in [0.1, 0.15) is 56.0 Å². The zero-order valence-corrected chi connectivity index (χ0v) is 19.5. The Hall–Kier alpha value is -3.81. The molecule has 0 atom stereocenters. The molecule has 8 heteroatoms. The van der Waals surface area contributed by atoms with Crippen molar-refractivity contribution in [2.24, 2.45) is 0 Å². The minimum atomic E-state index is -1.18. The van der Waals surface area contributed by atoms with Gasteiger partial charge in [-0.25, -0.2) is 14.6 Å². The molecule has 2 heterocycles. The first kappa shape index (κ1) is 23.4. The number of rotatable bonds is 5. The summed E-state index contributed by atoms with van der Waals surface area (Å²) in [6.45, 7) is 6.48. The van der Waals surface area contributed by atoms with Crippen LogP contribution in [0.5, 0.6) is 11.5 Å². The first-order valence-electron chi connectivity index (χ1n) is 11.2. The third kappa shape index (κ3) is 5.57. The van der Waals surface area contributed by atoms with Crippen LogP contribution in [0, 0.1) is 0 Å². The molecular formula is C26H28N2O6. The molecule has 4 rings (SSSR count). The number of carbonyl (C=O) groups excluding carboxylic acids is 1. The predicted molar refractivity (Wildman–Crippen MR) is 125 cm³/mol. The number of carbonyl (C=O) groups is 2. The molecule has 0 radical (unpaired) electrons. The highest BCUT2D eigenvalue weighted by Crippen LogP contribution is 2.34. The Morgan fingerprint density at radius 3 is 2.21 bits per heavy atom. The molecule has 0 aliphatic carbocycles. The van der Waals surface area contributed by atoms with Crippen LogP contribution in [0.2, 0.25) is 0 Å². The molecule has 1 amide bonds. The first-order valence-corrected chi connectivity index (χ1v) is 11.2. The second kappa shape index (κ2) is 9.59. The maximum absolute atomic E-state index is 12.3. The van der Waals surface area contributed by atoms with Gasteiger partial charge in [0.1, 0.15) is 22.8 Å². The number of para-hydroxylation sites is 1. The summed E-state index contributed by atoms with van der Waals surface area (Å²) in [6, 6.07) is 16.4. The lowest BCUT2D eigenvalue weighted by atomic mass is 9.97. The zero-order chi connectivity index (χ0) is 24.3. The van der Waals surface area contributed by atoms with Gasteiger partial charge in [0.2, 0.25) is 5.76 Å². The Morgan fingerprint density at radius 2 is 1.62 bits per heavy atom. The summed E-state index contributed by atoms with van der Waals surface area (Å²) in [5, 5.41) is 9.68. The van der Waals surface area contributed by atoms with Crippen LogP contribution in [-0.4, -0.2) is 45.7 Å². The van der Waals surface area contributed by atoms with Gasteiger partial charge in [-0.3, -0.25) is 0 Å². The van der Waals surface area contributed by atoms with Crippen molar-refractivity contribution in [2.45, 2.75) is 45.1 Å². The summed E-state index contributed by atoms with van der Waals surface area (Å²) in [4.78, 5) is 30.4. The highest BCUT2D eigenvalue weighted by atomic mass is 16.6. The molecule has 34 heavy (non-hydrogen) atoms. The van der Waals surface area contributed by atoms with E-state index in [1.165, 1.54) is 0 Å². The van der Waals surface area contributed by atoms with Gasteiger partial charge in [0.15, 0.2) is 5.89 Å². The smallest absolute Gasteiger partial charge is 0.410 e. The van der Waals surface area contributed by atoms with Gasteiger partial charge in [0.05, 0.1) is 0 Å². The number of oxazole rings is 1. The van der Waals surface area contributed by atoms with Gasteiger partial charge in [0.25, 0.3) is 0 Å². The van der Waals surface area contributed by atoms with Crippen LogP contribution in [0.25, 0.3) is 11.3 Å². The fourth-order valence-corrected chi connectivity index (χ4v) is 3.79. The lowest BCUT2D eigenvalue weighted by Gasteiger charge is -2.32. The number of likely N-dealkylation sites (tertiary alicyclic amines) is 1. The lowest BCUT2D eigenvalue weighted by molar-refractivity contribution is 0.0199. The van der Waals surface area contributed by atoms with Gasteiger partial charge in [-0.15, -0.1) is 0 Å². The molecule has 178 valence electrons. The molecule has 1 aliphatic rings. The topological polar surface area (TPSA) is 102 Å². The molecule has 0 unspecified atom stereocenters. The first-order chi connectivity index (χ1) is 16.2. The summed E-state index contributed by atoms with van der Waals surface area (Å²) in [7, 11) is 0. The highest BCUT2D eigenvalue weighted by molar-refractivity contribution is 5.91. The Balaban J connectivity index is 1.47. The predicted octanol–water partition coefficient (Wildman–Crippen LogP) is 5.95. The van der Waals surface area contributed by atoms with E-state index in [1.54, 1.807) is 29.2 Å². The number of piperidine rings is 1. The average Bonchev–Trinajstić information content (AvgIpc) is 3.25. The molecule has 3 aromatic rings. The Kier molecular flexibility index (Phi) is 6.58. The molecule has 1 aliphatic heterocycles. The van der Waals surface area contributed by atoms with Gasteiger partial charge < -0.3 is 23.9 Å². The summed E-state index contributed by atoms with van der Waals surface area (Å²) in [5.41, 5.74) is 0.353. The number of hydrogen-bond acceptors (Lipinski definition) is 6. The highest BCUT2D eigenvalue weighted by Gasteiger charge is 2.31. The van der Waals surface area contributed by atoms with Crippen molar-refractivity contribution in [3.63, 3.8) is 0 Å². The SMILES string of the molecule is CC(C)(C)OC(=O)N1CCC(c2nc(-c3ccc(Oc4ccccc4)cc3)c(C(=O)O)o2)CC1. The summed E-state index contributed by atoms with van der Waals surface area (Å²) in [5.74, 6) is 0.269. The minimum absolute atomic E-state index is 0.0776. The Morgan fingerprint density at radius 1 is 1.00 bits per heavy atom. The zero-order valence-electron chi connectivity index (χ0n) is 19.5. The van der Waals surface area contributed by atoms with E-state index < -0.39 is 11.6 Å². The van der Waals surface area contributed by atoms with Crippen molar-refractivity contribution in [3.05, 3.63) is 66.2 Å². The van der Waals surface area contributed by atoms with E-state index in [-0.39, 0.29) is 23.5 Å². The molecule has 2 aromatic carbocycles. The number of aromatic carboxylic acids is 1. The van der Waals surface area contributed by atoms with Gasteiger partial charge in [-0.05, 0) is 70.0 Å². The number of hydrogen-bond donors (Lipinski definition) is 1. The van der Waals surface area contributed by atoms with E-state index in [1.807, 2.05) is 51.1 Å². The van der Waals surface area contributed by atoms with Crippen LogP contribution in [-0.2, 0) is 4.74 Å². The number of nitrogens with zero attached hydrogens (tertiary/aromatic N) is 2. The number of aromatic nitrogens is 1. The molecule has 0 bridgehead atoms. The molecule has 1 fully saturated rings. The molecule has 1 saturated heterocycles. The number of benzene rings is 2. The molecule has 1 N–H and O–H groups in total. The summed E-state index contributed by atoms with van der Waals surface area (Å²) in [6.07, 6.45) is 0.882. The fraction of sp³-hybridized carbons (Fsp3) is 0.346. The van der Waals surface area contributed by atoms with E-state index in [0.717, 1.165) is 0 Å². The average molecular weight is 465 g/mol. The fourth-order valence-electron chi connectivity index (χ4n) is 3.79. The normalized spacial score (nSPS) is 14.6. The number of carboxylic acid groups (broad SMARTS) is 1. The van der Waals surface area contributed by atoms with Crippen molar-refractivity contribution < 1.29 is 28.6 Å². The molecule has 1 aromatic heterocycles. The molecule has 0 spiro atoms. The van der Waals surface area contributed by atoms with Gasteiger partial charge in [-0.1, -0.05) is 18.2 Å². The molecular weight excluding hydrogens is 436 g/mol. The van der Waals surface area contributed by atoms with E-state index >= 15 is 0 Å². The quantitative estimate of drug-likeness (QED) is 0.498. The number of amides is 1. The third-order valence-corrected chi connectivity index (χ3v) is 5.44. The van der Waals surface area contributed by atoms with E-state index in [0.29, 0.717) is 48.9 Å². The molecule has 0 saturated carbocycles. The largest absolute Gasteiger partial charge is 0.475 e. The van der Waals surface area contributed by atoms with E-state index in [4.69, 9.17) is 13.9 Å². The van der Waals surface area contributed by atoms with Crippen molar-refractivity contribution in [2.75, 3.05) is 13.1 Å². The van der Waals surface area contributed by atoms with Crippen LogP contribution in [0.4, 0.5) is 4.79 Å². The second-order valence-corrected chi connectivity index (χ2v) is 9.22. The summed E-state index contributed by atoms with van der Waals surface area (Å²) >= 11 is 0. The van der Waals surface area contributed by atoms with Crippen LogP contribution < -0.4 is 4.74 Å². The number of ether oxygens (including phenoxy) is 2. The van der Waals surface area contributed by atoms with Crippen LogP contribution >= 0.6 is 0 Å². The van der Waals surface area contributed by atoms with Crippen molar-refractivity contribution in [3.8, 4) is 22.8 Å². The monoisotopic (exact) mass is 464 g/mol. The van der Waals surface area contributed by atoms with Gasteiger partial charge >= 0.3 is 12.1 Å². The van der Waals surface area contributed by atoms with Crippen molar-refractivity contribution in [1.82, 2.24) is 9.88 Å². The van der Waals surface area contributed by atoms with Crippen molar-refractivity contribution >= 4 is 12.1 Å². The van der Waals surface area contributed by atoms with Crippen LogP contribution in [0.15, 0.2) is 59.0 Å². The maximum atomic E-state index is 12.3. The Labute approximate surface area is 198 Å². The van der Waals surface area contributed by atoms with Crippen LogP contribution in [0.3, 0.4) is 0 Å². The van der Waals surface area contributed by atoms with Crippen molar-refractivity contribution in [1.29, 1.82) is 0 Å². The minimum Gasteiger partial charge on any atom is -0.475 e. The van der Waals surface area contributed by atoms with Gasteiger partial charge in [0, 0.05) is 24.6 Å². The standard InChI is InChI=1S/C26H28N2O6/c1-26(2,3)34-25(31)28-15-13-18(14-16-28)23-27-21(22(33-23)24(29)30)17-9-11-20(12-10-17)32-19-7-5-4-6-8-19/h4-12,18H,13-16H2,1-3H3,(H,29,30). The number of carboxylic acids is 1. The van der Waals surface area contributed by atoms with Gasteiger partial charge in [-0.2, -0.15) is 0 Å². The second-order valence-electron chi connectivity index (χ2n) is 9.22.